The van der Waals surface area contributed by atoms with Crippen molar-refractivity contribution in [1.29, 1.82) is 5.26 Å². The molecule has 0 aliphatic heterocycles. The summed E-state index contributed by atoms with van der Waals surface area (Å²) in [6.07, 6.45) is 1.07. The second-order valence-electron chi connectivity index (χ2n) is 2.17. The maximum Gasteiger partial charge on any atom is 0.447 e. The average Bonchev–Trinajstić information content (AvgIpc) is 2.06. The Morgan fingerprint density at radius 1 is 1.50 bits per heavy atom. The Labute approximate surface area is 86.7 Å². The first-order valence-electron chi connectivity index (χ1n) is 3.24. The number of alkyl halides is 3. The highest BCUT2D eigenvalue weighted by molar-refractivity contribution is 8.00. The summed E-state index contributed by atoms with van der Waals surface area (Å²) in [7, 11) is 0. The lowest BCUT2D eigenvalue weighted by atomic mass is 10.3. The number of pyridine rings is 1. The van der Waals surface area contributed by atoms with Crippen LogP contribution in [0.4, 0.5) is 13.2 Å². The Morgan fingerprint density at radius 3 is 2.64 bits per heavy atom. The molecular formula is C7H2ClF3N2S. The number of halogens is 4. The lowest BCUT2D eigenvalue weighted by Gasteiger charge is -2.05. The summed E-state index contributed by atoms with van der Waals surface area (Å²) in [6, 6.07) is 2.73. The molecule has 14 heavy (non-hydrogen) atoms. The minimum absolute atomic E-state index is 0.132. The maximum atomic E-state index is 11.9. The van der Waals surface area contributed by atoms with Crippen LogP contribution in [0.1, 0.15) is 5.56 Å². The molecule has 0 saturated carbocycles. The molecule has 1 heterocycles. The van der Waals surface area contributed by atoms with Gasteiger partial charge in [-0.25, -0.2) is 4.98 Å². The Hall–Kier alpha value is -0.930. The SMILES string of the molecule is N#Cc1cc(Cl)cnc1SC(F)(F)F. The van der Waals surface area contributed by atoms with Crippen molar-refractivity contribution in [3.05, 3.63) is 22.8 Å². The van der Waals surface area contributed by atoms with Gasteiger partial charge in [-0.1, -0.05) is 11.6 Å². The molecule has 0 aromatic carbocycles. The zero-order valence-electron chi connectivity index (χ0n) is 6.47. The molecule has 0 bridgehead atoms. The lowest BCUT2D eigenvalue weighted by molar-refractivity contribution is -0.0329. The Balaban J connectivity index is 3.05. The van der Waals surface area contributed by atoms with Gasteiger partial charge in [0.15, 0.2) is 0 Å². The van der Waals surface area contributed by atoms with E-state index in [9.17, 15) is 13.2 Å². The van der Waals surface area contributed by atoms with Crippen LogP contribution >= 0.6 is 23.4 Å². The van der Waals surface area contributed by atoms with Gasteiger partial charge in [0.25, 0.3) is 0 Å². The summed E-state index contributed by atoms with van der Waals surface area (Å²) in [5, 5.41) is 8.26. The fourth-order valence-corrected chi connectivity index (χ4v) is 1.39. The van der Waals surface area contributed by atoms with Crippen LogP contribution in [0.25, 0.3) is 0 Å². The first kappa shape index (κ1) is 11.1. The van der Waals surface area contributed by atoms with Crippen molar-refractivity contribution >= 4 is 23.4 Å². The molecule has 0 unspecified atom stereocenters. The predicted molar refractivity (Wildman–Crippen MR) is 45.9 cm³/mol. The molecule has 0 aliphatic carbocycles. The van der Waals surface area contributed by atoms with Crippen LogP contribution in [0.3, 0.4) is 0 Å². The number of hydrogen-bond acceptors (Lipinski definition) is 3. The predicted octanol–water partition coefficient (Wildman–Crippen LogP) is 3.22. The van der Waals surface area contributed by atoms with Crippen LogP contribution in [0.2, 0.25) is 5.02 Å². The highest BCUT2D eigenvalue weighted by atomic mass is 35.5. The summed E-state index contributed by atoms with van der Waals surface area (Å²) in [5.41, 5.74) is -4.63. The topological polar surface area (TPSA) is 36.7 Å². The third kappa shape index (κ3) is 3.09. The fraction of sp³-hybridized carbons (Fsp3) is 0.143. The highest BCUT2D eigenvalue weighted by Crippen LogP contribution is 2.37. The van der Waals surface area contributed by atoms with Gasteiger partial charge in [-0.3, -0.25) is 0 Å². The standard InChI is InChI=1S/C7H2ClF3N2S/c8-5-1-4(2-12)6(13-3-5)14-7(9,10)11/h1,3H. The van der Waals surface area contributed by atoms with Gasteiger partial charge in [0, 0.05) is 18.0 Å². The third-order valence-corrected chi connectivity index (χ3v) is 2.11. The van der Waals surface area contributed by atoms with E-state index in [0.29, 0.717) is 0 Å². The molecule has 1 aromatic rings. The molecule has 2 nitrogen and oxygen atoms in total. The van der Waals surface area contributed by atoms with Gasteiger partial charge in [0.05, 0.1) is 10.6 Å². The minimum atomic E-state index is -4.45. The first-order valence-corrected chi connectivity index (χ1v) is 4.43. The zero-order chi connectivity index (χ0) is 10.8. The quantitative estimate of drug-likeness (QED) is 0.705. The van der Waals surface area contributed by atoms with Gasteiger partial charge >= 0.3 is 5.51 Å². The van der Waals surface area contributed by atoms with Crippen LogP contribution in [0.5, 0.6) is 0 Å². The highest BCUT2D eigenvalue weighted by Gasteiger charge is 2.31. The van der Waals surface area contributed by atoms with Crippen molar-refractivity contribution in [2.24, 2.45) is 0 Å². The largest absolute Gasteiger partial charge is 0.447 e. The van der Waals surface area contributed by atoms with Crippen molar-refractivity contribution < 1.29 is 13.2 Å². The molecule has 1 rings (SSSR count). The molecule has 0 spiro atoms. The molecule has 7 heteroatoms. The number of aromatic nitrogens is 1. The van der Waals surface area contributed by atoms with E-state index in [1.165, 1.54) is 0 Å². The van der Waals surface area contributed by atoms with Crippen molar-refractivity contribution in [2.75, 3.05) is 0 Å². The molecule has 1 aromatic heterocycles. The zero-order valence-corrected chi connectivity index (χ0v) is 8.04. The van der Waals surface area contributed by atoms with E-state index in [-0.39, 0.29) is 15.6 Å². The summed E-state index contributed by atoms with van der Waals surface area (Å²) < 4.78 is 35.8. The molecule has 0 atom stereocenters. The van der Waals surface area contributed by atoms with Crippen molar-refractivity contribution in [1.82, 2.24) is 4.98 Å². The molecule has 0 fully saturated rings. The van der Waals surface area contributed by atoms with Crippen molar-refractivity contribution in [3.8, 4) is 6.07 Å². The van der Waals surface area contributed by atoms with E-state index in [1.807, 2.05) is 0 Å². The smallest absolute Gasteiger partial charge is 0.247 e. The van der Waals surface area contributed by atoms with Crippen LogP contribution < -0.4 is 0 Å². The summed E-state index contributed by atoms with van der Waals surface area (Å²) in [6.45, 7) is 0. The monoisotopic (exact) mass is 238 g/mol. The van der Waals surface area contributed by atoms with E-state index in [2.05, 4.69) is 4.98 Å². The number of nitrogens with zero attached hydrogens (tertiary/aromatic N) is 2. The summed E-state index contributed by atoms with van der Waals surface area (Å²) >= 11 is 5.03. The lowest BCUT2D eigenvalue weighted by Crippen LogP contribution is -2.01. The maximum absolute atomic E-state index is 11.9. The molecule has 0 aliphatic rings. The molecule has 74 valence electrons. The summed E-state index contributed by atoms with van der Waals surface area (Å²) in [5.74, 6) is 0. The number of hydrogen-bond donors (Lipinski definition) is 0. The first-order chi connectivity index (χ1) is 6.42. The van der Waals surface area contributed by atoms with Crippen molar-refractivity contribution in [2.45, 2.75) is 10.5 Å². The molecule has 0 saturated heterocycles. The molecule has 0 N–H and O–H groups in total. The molecule has 0 amide bonds. The van der Waals surface area contributed by atoms with E-state index in [0.717, 1.165) is 12.3 Å². The second-order valence-corrected chi connectivity index (χ2v) is 3.66. The van der Waals surface area contributed by atoms with E-state index in [1.54, 1.807) is 6.07 Å². The van der Waals surface area contributed by atoms with Crippen LogP contribution in [-0.4, -0.2) is 10.5 Å². The second kappa shape index (κ2) is 4.07. The van der Waals surface area contributed by atoms with Crippen LogP contribution in [0, 0.1) is 11.3 Å². The molecular weight excluding hydrogens is 237 g/mol. The normalized spacial score (nSPS) is 11.1. The van der Waals surface area contributed by atoms with E-state index in [4.69, 9.17) is 16.9 Å². The fourth-order valence-electron chi connectivity index (χ4n) is 0.698. The Bertz CT molecular complexity index is 386. The average molecular weight is 239 g/mol. The number of rotatable bonds is 1. The minimum Gasteiger partial charge on any atom is -0.247 e. The van der Waals surface area contributed by atoms with Crippen LogP contribution in [-0.2, 0) is 0 Å². The van der Waals surface area contributed by atoms with Gasteiger partial charge < -0.3 is 0 Å². The van der Waals surface area contributed by atoms with E-state index < -0.39 is 17.3 Å². The number of thioether (sulfide) groups is 1. The van der Waals surface area contributed by atoms with Gasteiger partial charge in [0.1, 0.15) is 11.1 Å². The Morgan fingerprint density at radius 2 is 2.14 bits per heavy atom. The Kier molecular flexibility index (Phi) is 3.24. The summed E-state index contributed by atoms with van der Waals surface area (Å²) in [4.78, 5) is 3.42. The van der Waals surface area contributed by atoms with Crippen LogP contribution in [0.15, 0.2) is 17.3 Å². The van der Waals surface area contributed by atoms with E-state index >= 15 is 0 Å². The van der Waals surface area contributed by atoms with Gasteiger partial charge in [-0.2, -0.15) is 18.4 Å². The van der Waals surface area contributed by atoms with Gasteiger partial charge in [-0.15, -0.1) is 0 Å². The number of nitriles is 1. The van der Waals surface area contributed by atoms with Crippen molar-refractivity contribution in [3.63, 3.8) is 0 Å². The molecule has 0 radical (unpaired) electrons. The van der Waals surface area contributed by atoms with Gasteiger partial charge in [0.2, 0.25) is 0 Å². The van der Waals surface area contributed by atoms with Gasteiger partial charge in [-0.05, 0) is 6.07 Å². The third-order valence-electron chi connectivity index (χ3n) is 1.15.